The summed E-state index contributed by atoms with van der Waals surface area (Å²) in [6, 6.07) is 7.53. The Hall–Kier alpha value is -1.02. The van der Waals surface area contributed by atoms with Crippen molar-refractivity contribution < 1.29 is 4.74 Å². The van der Waals surface area contributed by atoms with Crippen molar-refractivity contribution in [2.45, 2.75) is 13.0 Å². The van der Waals surface area contributed by atoms with Gasteiger partial charge in [-0.05, 0) is 31.5 Å². The zero-order valence-electron chi connectivity index (χ0n) is 7.29. The SMILES string of the molecule is [CH2]C(N)c1ccc(OCC)cc1. The first-order valence-electron chi connectivity index (χ1n) is 4.05. The van der Waals surface area contributed by atoms with Crippen LogP contribution in [0.4, 0.5) is 0 Å². The molecular weight excluding hydrogens is 150 g/mol. The van der Waals surface area contributed by atoms with Crippen LogP contribution < -0.4 is 10.5 Å². The third-order valence-corrected chi connectivity index (χ3v) is 1.62. The predicted molar refractivity (Wildman–Crippen MR) is 49.9 cm³/mol. The lowest BCUT2D eigenvalue weighted by Crippen LogP contribution is -2.04. The zero-order valence-corrected chi connectivity index (χ0v) is 7.29. The van der Waals surface area contributed by atoms with Crippen LogP contribution >= 0.6 is 0 Å². The number of rotatable bonds is 3. The maximum Gasteiger partial charge on any atom is 0.119 e. The molecule has 0 heterocycles. The van der Waals surface area contributed by atoms with Gasteiger partial charge in [-0.25, -0.2) is 0 Å². The van der Waals surface area contributed by atoms with Gasteiger partial charge in [0.25, 0.3) is 0 Å². The van der Waals surface area contributed by atoms with E-state index in [1.807, 2.05) is 31.2 Å². The Bertz CT molecular complexity index is 228. The predicted octanol–water partition coefficient (Wildman–Crippen LogP) is 1.92. The molecule has 0 amide bonds. The lowest BCUT2D eigenvalue weighted by atomic mass is 10.1. The molecule has 0 bridgehead atoms. The van der Waals surface area contributed by atoms with Crippen LogP contribution in [0.15, 0.2) is 24.3 Å². The highest BCUT2D eigenvalue weighted by atomic mass is 16.5. The van der Waals surface area contributed by atoms with Crippen LogP contribution in [0.5, 0.6) is 5.75 Å². The summed E-state index contributed by atoms with van der Waals surface area (Å²) in [6.07, 6.45) is 0. The monoisotopic (exact) mass is 164 g/mol. The van der Waals surface area contributed by atoms with Gasteiger partial charge in [-0.15, -0.1) is 0 Å². The minimum absolute atomic E-state index is 0.152. The van der Waals surface area contributed by atoms with Crippen LogP contribution in [-0.2, 0) is 0 Å². The lowest BCUT2D eigenvalue weighted by Gasteiger charge is -2.06. The highest BCUT2D eigenvalue weighted by molar-refractivity contribution is 5.29. The molecule has 1 rings (SSSR count). The van der Waals surface area contributed by atoms with E-state index in [1.165, 1.54) is 0 Å². The fourth-order valence-electron chi connectivity index (χ4n) is 0.978. The Balaban J connectivity index is 2.71. The first-order chi connectivity index (χ1) is 5.74. The maximum atomic E-state index is 5.59. The van der Waals surface area contributed by atoms with E-state index in [9.17, 15) is 0 Å². The standard InChI is InChI=1S/C10H14NO/c1-3-12-10-6-4-9(5-7-10)8(2)11/h4-8H,2-3,11H2,1H3. The van der Waals surface area contributed by atoms with Crippen LogP contribution in [0.3, 0.4) is 0 Å². The van der Waals surface area contributed by atoms with E-state index >= 15 is 0 Å². The van der Waals surface area contributed by atoms with Gasteiger partial charge in [-0.2, -0.15) is 0 Å². The third kappa shape index (κ3) is 2.24. The van der Waals surface area contributed by atoms with Crippen molar-refractivity contribution >= 4 is 0 Å². The second-order valence-corrected chi connectivity index (χ2v) is 2.61. The Kier molecular flexibility index (Phi) is 3.11. The average molecular weight is 164 g/mol. The Morgan fingerprint density at radius 3 is 2.42 bits per heavy atom. The summed E-state index contributed by atoms with van der Waals surface area (Å²) in [5, 5.41) is 0. The summed E-state index contributed by atoms with van der Waals surface area (Å²) < 4.78 is 5.28. The summed E-state index contributed by atoms with van der Waals surface area (Å²) in [5.74, 6) is 0.877. The topological polar surface area (TPSA) is 35.2 Å². The molecule has 12 heavy (non-hydrogen) atoms. The van der Waals surface area contributed by atoms with Gasteiger partial charge in [-0.3, -0.25) is 0 Å². The second-order valence-electron chi connectivity index (χ2n) is 2.61. The smallest absolute Gasteiger partial charge is 0.119 e. The number of benzene rings is 1. The van der Waals surface area contributed by atoms with Gasteiger partial charge in [0.2, 0.25) is 0 Å². The van der Waals surface area contributed by atoms with Gasteiger partial charge >= 0.3 is 0 Å². The van der Waals surface area contributed by atoms with E-state index in [0.29, 0.717) is 6.61 Å². The van der Waals surface area contributed by atoms with Gasteiger partial charge in [0.1, 0.15) is 5.75 Å². The number of ether oxygens (including phenoxy) is 1. The Morgan fingerprint density at radius 1 is 1.42 bits per heavy atom. The highest BCUT2D eigenvalue weighted by Gasteiger charge is 1.98. The van der Waals surface area contributed by atoms with Gasteiger partial charge < -0.3 is 10.5 Å². The number of nitrogens with two attached hydrogens (primary N) is 1. The molecule has 2 nitrogen and oxygen atoms in total. The molecule has 0 saturated heterocycles. The van der Waals surface area contributed by atoms with E-state index < -0.39 is 0 Å². The summed E-state index contributed by atoms with van der Waals surface area (Å²) >= 11 is 0. The zero-order chi connectivity index (χ0) is 8.97. The summed E-state index contributed by atoms with van der Waals surface area (Å²) in [5.41, 5.74) is 6.61. The molecule has 2 heteroatoms. The van der Waals surface area contributed by atoms with E-state index in [2.05, 4.69) is 6.92 Å². The van der Waals surface area contributed by atoms with Crippen molar-refractivity contribution in [1.82, 2.24) is 0 Å². The van der Waals surface area contributed by atoms with Crippen molar-refractivity contribution in [3.05, 3.63) is 36.8 Å². The number of hydrogen-bond donors (Lipinski definition) is 1. The molecule has 0 saturated carbocycles. The normalized spacial score (nSPS) is 12.6. The third-order valence-electron chi connectivity index (χ3n) is 1.62. The van der Waals surface area contributed by atoms with E-state index in [-0.39, 0.29) is 6.04 Å². The fourth-order valence-corrected chi connectivity index (χ4v) is 0.978. The highest BCUT2D eigenvalue weighted by Crippen LogP contribution is 2.15. The largest absolute Gasteiger partial charge is 0.494 e. The Labute approximate surface area is 73.3 Å². The summed E-state index contributed by atoms with van der Waals surface area (Å²) in [6.45, 7) is 6.37. The summed E-state index contributed by atoms with van der Waals surface area (Å²) in [7, 11) is 0. The van der Waals surface area contributed by atoms with Crippen LogP contribution in [-0.4, -0.2) is 6.61 Å². The molecule has 0 aromatic heterocycles. The fraction of sp³-hybridized carbons (Fsp3) is 0.300. The Morgan fingerprint density at radius 2 is 2.00 bits per heavy atom. The molecule has 0 aliphatic heterocycles. The van der Waals surface area contributed by atoms with E-state index in [0.717, 1.165) is 11.3 Å². The van der Waals surface area contributed by atoms with E-state index in [4.69, 9.17) is 10.5 Å². The molecular formula is C10H14NO. The summed E-state index contributed by atoms with van der Waals surface area (Å²) in [4.78, 5) is 0. The van der Waals surface area contributed by atoms with Crippen LogP contribution in [0, 0.1) is 6.92 Å². The van der Waals surface area contributed by atoms with Crippen molar-refractivity contribution in [3.63, 3.8) is 0 Å². The molecule has 65 valence electrons. The molecule has 1 aromatic carbocycles. The van der Waals surface area contributed by atoms with E-state index in [1.54, 1.807) is 0 Å². The molecule has 0 fully saturated rings. The van der Waals surface area contributed by atoms with Gasteiger partial charge in [0.05, 0.1) is 6.61 Å². The molecule has 1 unspecified atom stereocenters. The first-order valence-corrected chi connectivity index (χ1v) is 4.05. The first kappa shape index (κ1) is 9.07. The molecule has 0 aliphatic rings. The van der Waals surface area contributed by atoms with Gasteiger partial charge in [0, 0.05) is 6.04 Å². The van der Waals surface area contributed by atoms with Gasteiger partial charge in [-0.1, -0.05) is 12.1 Å². The van der Waals surface area contributed by atoms with Crippen LogP contribution in [0.2, 0.25) is 0 Å². The molecule has 2 N–H and O–H groups in total. The number of hydrogen-bond acceptors (Lipinski definition) is 2. The van der Waals surface area contributed by atoms with Crippen LogP contribution in [0.25, 0.3) is 0 Å². The quantitative estimate of drug-likeness (QED) is 0.740. The minimum Gasteiger partial charge on any atom is -0.494 e. The van der Waals surface area contributed by atoms with Crippen molar-refractivity contribution in [2.75, 3.05) is 6.61 Å². The molecule has 0 aliphatic carbocycles. The van der Waals surface area contributed by atoms with Crippen LogP contribution in [0.1, 0.15) is 18.5 Å². The van der Waals surface area contributed by atoms with Crippen molar-refractivity contribution in [3.8, 4) is 5.75 Å². The van der Waals surface area contributed by atoms with Crippen molar-refractivity contribution in [2.24, 2.45) is 5.73 Å². The molecule has 1 aromatic rings. The van der Waals surface area contributed by atoms with Gasteiger partial charge in [0.15, 0.2) is 0 Å². The lowest BCUT2D eigenvalue weighted by molar-refractivity contribution is 0.340. The molecule has 1 radical (unpaired) electrons. The molecule has 0 spiro atoms. The second kappa shape index (κ2) is 4.12. The minimum atomic E-state index is -0.152. The average Bonchev–Trinajstić information content (AvgIpc) is 2.06. The molecule has 1 atom stereocenters. The van der Waals surface area contributed by atoms with Crippen molar-refractivity contribution in [1.29, 1.82) is 0 Å². The maximum absolute atomic E-state index is 5.59.